The van der Waals surface area contributed by atoms with Gasteiger partial charge in [0, 0.05) is 42.9 Å². The van der Waals surface area contributed by atoms with E-state index >= 15 is 0 Å². The second-order valence-electron chi connectivity index (χ2n) is 7.47. The second kappa shape index (κ2) is 10.5. The maximum atomic E-state index is 13.4. The number of rotatable bonds is 8. The summed E-state index contributed by atoms with van der Waals surface area (Å²) in [5, 5.41) is 16.5. The van der Waals surface area contributed by atoms with Crippen LogP contribution < -0.4 is 10.6 Å². The van der Waals surface area contributed by atoms with E-state index in [9.17, 15) is 14.3 Å². The summed E-state index contributed by atoms with van der Waals surface area (Å²) in [5.74, 6) is -0.608. The lowest BCUT2D eigenvalue weighted by Crippen LogP contribution is -2.22. The molecule has 0 radical (unpaired) electrons. The third-order valence-electron chi connectivity index (χ3n) is 5.12. The molecule has 4 aromatic rings. The Morgan fingerprint density at radius 2 is 1.88 bits per heavy atom. The minimum atomic E-state index is -0.868. The summed E-state index contributed by atoms with van der Waals surface area (Å²) in [6, 6.07) is 20.7. The summed E-state index contributed by atoms with van der Waals surface area (Å²) in [4.78, 5) is 20.9. The number of nitrogens with zero attached hydrogens (tertiary/aromatic N) is 2. The topological polar surface area (TPSA) is 87.1 Å². The van der Waals surface area contributed by atoms with Crippen molar-refractivity contribution in [2.24, 2.45) is 0 Å². The Kier molecular flexibility index (Phi) is 7.02. The number of pyridine rings is 2. The SMILES string of the molecule is O=C(NCc1cccnc1)c1ccc(-c2ccccc2NCC(O)c2cccc(F)c2)nc1. The van der Waals surface area contributed by atoms with Crippen LogP contribution in [-0.4, -0.2) is 27.5 Å². The quantitative estimate of drug-likeness (QED) is 0.378. The lowest BCUT2D eigenvalue weighted by atomic mass is 10.1. The molecule has 0 bridgehead atoms. The minimum Gasteiger partial charge on any atom is -0.387 e. The number of anilines is 1. The Balaban J connectivity index is 1.42. The third kappa shape index (κ3) is 5.78. The number of hydrogen-bond donors (Lipinski definition) is 3. The van der Waals surface area contributed by atoms with E-state index in [1.165, 1.54) is 18.3 Å². The van der Waals surface area contributed by atoms with E-state index in [4.69, 9.17) is 0 Å². The zero-order chi connectivity index (χ0) is 23.0. The van der Waals surface area contributed by atoms with Crippen LogP contribution in [0.1, 0.15) is 27.6 Å². The van der Waals surface area contributed by atoms with E-state index in [1.54, 1.807) is 36.7 Å². The molecule has 2 aromatic carbocycles. The van der Waals surface area contributed by atoms with Crippen molar-refractivity contribution in [2.45, 2.75) is 12.6 Å². The molecule has 0 saturated heterocycles. The van der Waals surface area contributed by atoms with Crippen LogP contribution in [0.2, 0.25) is 0 Å². The molecule has 33 heavy (non-hydrogen) atoms. The number of aromatic nitrogens is 2. The third-order valence-corrected chi connectivity index (χ3v) is 5.12. The molecule has 0 aliphatic rings. The van der Waals surface area contributed by atoms with Crippen LogP contribution in [0.3, 0.4) is 0 Å². The largest absolute Gasteiger partial charge is 0.387 e. The van der Waals surface area contributed by atoms with E-state index in [2.05, 4.69) is 20.6 Å². The van der Waals surface area contributed by atoms with Crippen molar-refractivity contribution >= 4 is 11.6 Å². The molecule has 7 heteroatoms. The number of amides is 1. The molecule has 1 unspecified atom stereocenters. The fraction of sp³-hybridized carbons (Fsp3) is 0.115. The van der Waals surface area contributed by atoms with Crippen molar-refractivity contribution in [1.82, 2.24) is 15.3 Å². The number of benzene rings is 2. The number of carbonyl (C=O) groups excluding carboxylic acids is 1. The molecule has 1 amide bonds. The first-order valence-corrected chi connectivity index (χ1v) is 10.5. The molecular formula is C26H23FN4O2. The zero-order valence-corrected chi connectivity index (χ0v) is 17.8. The lowest BCUT2D eigenvalue weighted by molar-refractivity contribution is 0.0950. The fourth-order valence-corrected chi connectivity index (χ4v) is 3.37. The highest BCUT2D eigenvalue weighted by molar-refractivity contribution is 5.94. The number of nitrogens with one attached hydrogen (secondary N) is 2. The van der Waals surface area contributed by atoms with E-state index in [1.807, 2.05) is 36.4 Å². The molecule has 1 atom stereocenters. The van der Waals surface area contributed by atoms with Crippen LogP contribution in [0.4, 0.5) is 10.1 Å². The molecule has 3 N–H and O–H groups in total. The second-order valence-corrected chi connectivity index (χ2v) is 7.47. The van der Waals surface area contributed by atoms with Crippen LogP contribution in [0.15, 0.2) is 91.4 Å². The average molecular weight is 442 g/mol. The van der Waals surface area contributed by atoms with Gasteiger partial charge >= 0.3 is 0 Å². The first-order chi connectivity index (χ1) is 16.1. The lowest BCUT2D eigenvalue weighted by Gasteiger charge is -2.16. The van der Waals surface area contributed by atoms with Gasteiger partial charge in [-0.3, -0.25) is 14.8 Å². The van der Waals surface area contributed by atoms with Crippen LogP contribution in [0, 0.1) is 5.82 Å². The van der Waals surface area contributed by atoms with Gasteiger partial charge in [-0.05, 0) is 47.5 Å². The first kappa shape index (κ1) is 22.1. The Morgan fingerprint density at radius 1 is 1.00 bits per heavy atom. The van der Waals surface area contributed by atoms with Crippen molar-refractivity contribution in [3.8, 4) is 11.3 Å². The molecule has 0 saturated carbocycles. The number of carbonyl (C=O) groups is 1. The van der Waals surface area contributed by atoms with Crippen LogP contribution in [-0.2, 0) is 6.54 Å². The summed E-state index contributed by atoms with van der Waals surface area (Å²) in [6.07, 6.45) is 4.05. The normalized spacial score (nSPS) is 11.6. The molecule has 4 rings (SSSR count). The van der Waals surface area contributed by atoms with Crippen molar-refractivity contribution in [2.75, 3.05) is 11.9 Å². The van der Waals surface area contributed by atoms with E-state index in [0.717, 1.165) is 16.8 Å². The molecule has 2 aromatic heterocycles. The highest BCUT2D eigenvalue weighted by Crippen LogP contribution is 2.27. The Morgan fingerprint density at radius 3 is 2.64 bits per heavy atom. The van der Waals surface area contributed by atoms with Crippen LogP contribution in [0.25, 0.3) is 11.3 Å². The fourth-order valence-electron chi connectivity index (χ4n) is 3.37. The van der Waals surface area contributed by atoms with Gasteiger partial charge in [-0.25, -0.2) is 4.39 Å². The molecule has 0 spiro atoms. The summed E-state index contributed by atoms with van der Waals surface area (Å²) in [7, 11) is 0. The number of halogens is 1. The van der Waals surface area contributed by atoms with Gasteiger partial charge in [0.05, 0.1) is 17.4 Å². The molecule has 0 aliphatic heterocycles. The number of aliphatic hydroxyl groups is 1. The van der Waals surface area contributed by atoms with E-state index in [0.29, 0.717) is 23.4 Å². The van der Waals surface area contributed by atoms with Crippen LogP contribution >= 0.6 is 0 Å². The van der Waals surface area contributed by atoms with Gasteiger partial charge in [-0.15, -0.1) is 0 Å². The summed E-state index contributed by atoms with van der Waals surface area (Å²) >= 11 is 0. The van der Waals surface area contributed by atoms with Gasteiger partial charge in [0.1, 0.15) is 5.82 Å². The van der Waals surface area contributed by atoms with E-state index in [-0.39, 0.29) is 18.3 Å². The molecule has 0 aliphatic carbocycles. The minimum absolute atomic E-state index is 0.204. The zero-order valence-electron chi connectivity index (χ0n) is 17.8. The predicted octanol–water partition coefficient (Wildman–Crippen LogP) is 4.36. The molecule has 166 valence electrons. The van der Waals surface area contributed by atoms with E-state index < -0.39 is 6.10 Å². The van der Waals surface area contributed by atoms with Crippen molar-refractivity contribution < 1.29 is 14.3 Å². The molecule has 0 fully saturated rings. The van der Waals surface area contributed by atoms with Gasteiger partial charge in [0.25, 0.3) is 5.91 Å². The maximum Gasteiger partial charge on any atom is 0.253 e. The van der Waals surface area contributed by atoms with Crippen molar-refractivity contribution in [3.63, 3.8) is 0 Å². The number of para-hydroxylation sites is 1. The monoisotopic (exact) mass is 442 g/mol. The summed E-state index contributed by atoms with van der Waals surface area (Å²) in [6.45, 7) is 0.587. The van der Waals surface area contributed by atoms with Crippen LogP contribution in [0.5, 0.6) is 0 Å². The number of hydrogen-bond acceptors (Lipinski definition) is 5. The summed E-state index contributed by atoms with van der Waals surface area (Å²) < 4.78 is 13.4. The van der Waals surface area contributed by atoms with Gasteiger partial charge < -0.3 is 15.7 Å². The Hall–Kier alpha value is -4.10. The summed E-state index contributed by atoms with van der Waals surface area (Å²) in [5.41, 5.74) is 4.15. The Labute approximate surface area is 191 Å². The molecule has 6 nitrogen and oxygen atoms in total. The maximum absolute atomic E-state index is 13.4. The van der Waals surface area contributed by atoms with Gasteiger partial charge in [0.2, 0.25) is 0 Å². The number of aliphatic hydroxyl groups excluding tert-OH is 1. The highest BCUT2D eigenvalue weighted by atomic mass is 19.1. The smallest absolute Gasteiger partial charge is 0.253 e. The predicted molar refractivity (Wildman–Crippen MR) is 125 cm³/mol. The average Bonchev–Trinajstić information content (AvgIpc) is 2.87. The standard InChI is InChI=1S/C26H23FN4O2/c27-21-7-3-6-19(13-21)25(32)17-30-23-9-2-1-8-22(23)24-11-10-20(16-29-24)26(33)31-15-18-5-4-12-28-14-18/h1-14,16,25,30,32H,15,17H2,(H,31,33). The first-order valence-electron chi connectivity index (χ1n) is 10.5. The van der Waals surface area contributed by atoms with Gasteiger partial charge in [0.15, 0.2) is 0 Å². The van der Waals surface area contributed by atoms with Crippen molar-refractivity contribution in [3.05, 3.63) is 114 Å². The van der Waals surface area contributed by atoms with Crippen molar-refractivity contribution in [1.29, 1.82) is 0 Å². The van der Waals surface area contributed by atoms with Gasteiger partial charge in [-0.1, -0.05) is 36.4 Å². The highest BCUT2D eigenvalue weighted by Gasteiger charge is 2.12. The van der Waals surface area contributed by atoms with Gasteiger partial charge in [-0.2, -0.15) is 0 Å². The Bertz CT molecular complexity index is 1220. The molecular weight excluding hydrogens is 419 g/mol. The molecule has 2 heterocycles.